The Kier molecular flexibility index (Phi) is 39.4. The Morgan fingerprint density at radius 1 is 0.333 bits per heavy atom. The highest BCUT2D eigenvalue weighted by molar-refractivity contribution is 6.05. The molecule has 0 aliphatic heterocycles. The molecule has 1 rings (SSSR count). The fourth-order valence-electron chi connectivity index (χ4n) is 8.99. The lowest BCUT2D eigenvalue weighted by Crippen LogP contribution is -2.21. The van der Waals surface area contributed by atoms with E-state index in [1.807, 2.05) is 0 Å². The molecule has 0 fully saturated rings. The van der Waals surface area contributed by atoms with Gasteiger partial charge in [-0.15, -0.1) is 0 Å². The summed E-state index contributed by atoms with van der Waals surface area (Å²) < 4.78 is 18.2. The van der Waals surface area contributed by atoms with Gasteiger partial charge in [0.2, 0.25) is 0 Å². The van der Waals surface area contributed by atoms with Crippen LogP contribution in [0.5, 0.6) is 0 Å². The summed E-state index contributed by atoms with van der Waals surface area (Å²) in [5.74, 6) is -0.632. The SMILES string of the molecule is CCCCCCCCC(CCCCCC)COC(=O)c1ccc(C(=O)OCC(CCCCCC)CCCCCCCC)c(C(=O)OCC(CCCCCC)CCCCCCCC)c1. The molecule has 6 nitrogen and oxygen atoms in total. The predicted octanol–water partition coefficient (Wildman–Crippen LogP) is 18.2. The van der Waals surface area contributed by atoms with E-state index in [1.54, 1.807) is 12.1 Å². The Morgan fingerprint density at radius 3 is 0.905 bits per heavy atom. The van der Waals surface area contributed by atoms with Crippen molar-refractivity contribution in [2.45, 2.75) is 273 Å². The van der Waals surface area contributed by atoms with E-state index in [4.69, 9.17) is 14.2 Å². The zero-order valence-electron chi connectivity index (χ0n) is 42.5. The summed E-state index contributed by atoms with van der Waals surface area (Å²) in [5, 5.41) is 0. The van der Waals surface area contributed by atoms with Crippen molar-refractivity contribution in [3.05, 3.63) is 34.9 Å². The number of unbranched alkanes of at least 4 members (excludes halogenated alkanes) is 24. The Morgan fingerprint density at radius 2 is 0.587 bits per heavy atom. The van der Waals surface area contributed by atoms with Crippen molar-refractivity contribution in [3.8, 4) is 0 Å². The van der Waals surface area contributed by atoms with Gasteiger partial charge in [0.1, 0.15) is 0 Å². The second kappa shape index (κ2) is 42.3. The quantitative estimate of drug-likeness (QED) is 0.0369. The van der Waals surface area contributed by atoms with Crippen LogP contribution in [0.15, 0.2) is 18.2 Å². The molecule has 0 bridgehead atoms. The minimum atomic E-state index is -0.557. The molecule has 1 aromatic carbocycles. The highest BCUT2D eigenvalue weighted by Gasteiger charge is 2.25. The minimum absolute atomic E-state index is 0.109. The van der Waals surface area contributed by atoms with E-state index in [2.05, 4.69) is 41.5 Å². The molecule has 366 valence electrons. The van der Waals surface area contributed by atoms with Gasteiger partial charge in [0.25, 0.3) is 0 Å². The van der Waals surface area contributed by atoms with E-state index in [9.17, 15) is 14.4 Å². The van der Waals surface area contributed by atoms with Gasteiger partial charge in [-0.05, 0) is 74.5 Å². The maximum absolute atomic E-state index is 14.1. The normalized spacial score (nSPS) is 12.9. The number of hydrogen-bond donors (Lipinski definition) is 0. The van der Waals surface area contributed by atoms with Crippen LogP contribution in [0.1, 0.15) is 304 Å². The van der Waals surface area contributed by atoms with Crippen molar-refractivity contribution in [2.75, 3.05) is 19.8 Å². The molecule has 0 saturated heterocycles. The first-order valence-electron chi connectivity index (χ1n) is 27.5. The maximum Gasteiger partial charge on any atom is 0.339 e. The number of carbonyl (C=O) groups excluding carboxylic acids is 3. The second-order valence-electron chi connectivity index (χ2n) is 19.4. The highest BCUT2D eigenvalue weighted by atomic mass is 16.5. The maximum atomic E-state index is 14.1. The summed E-state index contributed by atoms with van der Waals surface area (Å²) >= 11 is 0. The molecule has 0 heterocycles. The molecule has 3 atom stereocenters. The lowest BCUT2D eigenvalue weighted by Gasteiger charge is -2.19. The third kappa shape index (κ3) is 31.2. The Hall–Kier alpha value is -2.37. The largest absolute Gasteiger partial charge is 0.462 e. The van der Waals surface area contributed by atoms with Crippen LogP contribution >= 0.6 is 0 Å². The minimum Gasteiger partial charge on any atom is -0.462 e. The second-order valence-corrected chi connectivity index (χ2v) is 19.4. The molecule has 6 heteroatoms. The van der Waals surface area contributed by atoms with Gasteiger partial charge < -0.3 is 14.2 Å². The predicted molar refractivity (Wildman–Crippen MR) is 268 cm³/mol. The molecule has 63 heavy (non-hydrogen) atoms. The van der Waals surface area contributed by atoms with Crippen LogP contribution in [-0.2, 0) is 14.2 Å². The van der Waals surface area contributed by atoms with Crippen molar-refractivity contribution < 1.29 is 28.6 Å². The molecule has 0 aromatic heterocycles. The van der Waals surface area contributed by atoms with Crippen LogP contribution < -0.4 is 0 Å². The Balaban J connectivity index is 3.26. The summed E-state index contributed by atoms with van der Waals surface area (Å²) in [7, 11) is 0. The zero-order chi connectivity index (χ0) is 46.0. The van der Waals surface area contributed by atoms with Gasteiger partial charge in [0, 0.05) is 0 Å². The standard InChI is InChI=1S/C57H102O6/c1-7-13-19-25-28-34-40-49(37-31-22-16-10-4)46-61-55(58)52-43-44-53(56(59)62-47-50(38-32-23-17-11-5)41-35-29-26-20-14-8-2)54(45-52)57(60)63-48-51(39-33-24-18-12-6)42-36-30-27-21-15-9-3/h43-45,49-51H,7-42,46-48H2,1-6H3. The molecular weight excluding hydrogens is 781 g/mol. The van der Waals surface area contributed by atoms with E-state index in [-0.39, 0.29) is 22.6 Å². The van der Waals surface area contributed by atoms with E-state index in [1.165, 1.54) is 160 Å². The van der Waals surface area contributed by atoms with Crippen LogP contribution in [0, 0.1) is 17.8 Å². The molecular formula is C57H102O6. The number of benzene rings is 1. The van der Waals surface area contributed by atoms with Crippen molar-refractivity contribution in [2.24, 2.45) is 17.8 Å². The lowest BCUT2D eigenvalue weighted by molar-refractivity contribution is 0.0373. The van der Waals surface area contributed by atoms with Gasteiger partial charge in [0.05, 0.1) is 36.5 Å². The topological polar surface area (TPSA) is 78.9 Å². The molecule has 0 N–H and O–H groups in total. The van der Waals surface area contributed by atoms with Crippen LogP contribution in [0.4, 0.5) is 0 Å². The summed E-state index contributed by atoms with van der Waals surface area (Å²) in [6.07, 6.45) is 42.8. The Labute approximate surface area is 390 Å². The first-order chi connectivity index (χ1) is 30.8. The molecule has 0 aliphatic rings. The molecule has 0 aliphatic carbocycles. The number of carbonyl (C=O) groups is 3. The van der Waals surface area contributed by atoms with Gasteiger partial charge in [-0.1, -0.05) is 234 Å². The smallest absolute Gasteiger partial charge is 0.339 e. The van der Waals surface area contributed by atoms with Gasteiger partial charge >= 0.3 is 17.9 Å². The summed E-state index contributed by atoms with van der Waals surface area (Å²) in [5.41, 5.74) is 0.563. The lowest BCUT2D eigenvalue weighted by atomic mass is 9.94. The highest BCUT2D eigenvalue weighted by Crippen LogP contribution is 2.25. The van der Waals surface area contributed by atoms with Crippen molar-refractivity contribution in [3.63, 3.8) is 0 Å². The fraction of sp³-hybridized carbons (Fsp3) is 0.842. The van der Waals surface area contributed by atoms with Crippen LogP contribution in [0.25, 0.3) is 0 Å². The van der Waals surface area contributed by atoms with Crippen molar-refractivity contribution in [1.29, 1.82) is 0 Å². The summed E-state index contributed by atoms with van der Waals surface area (Å²) in [6, 6.07) is 4.76. The number of esters is 3. The molecule has 0 saturated carbocycles. The van der Waals surface area contributed by atoms with Gasteiger partial charge in [0.15, 0.2) is 0 Å². The Bertz CT molecular complexity index is 1230. The average Bonchev–Trinajstić information content (AvgIpc) is 3.29. The van der Waals surface area contributed by atoms with Crippen LogP contribution in [-0.4, -0.2) is 37.7 Å². The van der Waals surface area contributed by atoms with E-state index in [0.717, 1.165) is 77.0 Å². The van der Waals surface area contributed by atoms with Crippen LogP contribution in [0.3, 0.4) is 0 Å². The number of hydrogen-bond acceptors (Lipinski definition) is 6. The number of ether oxygens (including phenoxy) is 3. The first kappa shape index (κ1) is 58.6. The van der Waals surface area contributed by atoms with E-state index in [0.29, 0.717) is 31.7 Å². The van der Waals surface area contributed by atoms with Crippen molar-refractivity contribution >= 4 is 17.9 Å². The third-order valence-electron chi connectivity index (χ3n) is 13.3. The van der Waals surface area contributed by atoms with E-state index < -0.39 is 17.9 Å². The van der Waals surface area contributed by atoms with Gasteiger partial charge in [-0.25, -0.2) is 14.4 Å². The van der Waals surface area contributed by atoms with Crippen molar-refractivity contribution in [1.82, 2.24) is 0 Å². The molecule has 1 aromatic rings. The average molecular weight is 883 g/mol. The monoisotopic (exact) mass is 883 g/mol. The van der Waals surface area contributed by atoms with Gasteiger partial charge in [-0.3, -0.25) is 0 Å². The molecule has 0 radical (unpaired) electrons. The summed E-state index contributed by atoms with van der Waals surface area (Å²) in [6.45, 7) is 14.5. The van der Waals surface area contributed by atoms with Gasteiger partial charge in [-0.2, -0.15) is 0 Å². The summed E-state index contributed by atoms with van der Waals surface area (Å²) in [4.78, 5) is 41.8. The molecule has 3 unspecified atom stereocenters. The molecule has 0 spiro atoms. The third-order valence-corrected chi connectivity index (χ3v) is 13.3. The fourth-order valence-corrected chi connectivity index (χ4v) is 8.99. The first-order valence-corrected chi connectivity index (χ1v) is 27.5. The van der Waals surface area contributed by atoms with E-state index >= 15 is 0 Å². The molecule has 0 amide bonds. The van der Waals surface area contributed by atoms with Crippen LogP contribution in [0.2, 0.25) is 0 Å². The number of rotatable bonds is 45. The zero-order valence-corrected chi connectivity index (χ0v) is 42.5.